The van der Waals surface area contributed by atoms with Crippen molar-refractivity contribution in [2.45, 2.75) is 25.3 Å². The van der Waals surface area contributed by atoms with Crippen LogP contribution in [0.1, 0.15) is 24.8 Å². The van der Waals surface area contributed by atoms with Crippen LogP contribution < -0.4 is 10.1 Å². The first-order valence-corrected chi connectivity index (χ1v) is 7.00. The topological polar surface area (TPSA) is 41.6 Å². The smallest absolute Gasteiger partial charge is 0.230 e. The highest BCUT2D eigenvalue weighted by Crippen LogP contribution is 2.34. The molecule has 20 heavy (non-hydrogen) atoms. The molecule has 0 aliphatic carbocycles. The maximum Gasteiger partial charge on any atom is 0.230 e. The van der Waals surface area contributed by atoms with E-state index in [9.17, 15) is 4.79 Å². The molecule has 1 aromatic carbocycles. The molecule has 1 N–H and O–H groups in total. The second-order valence-electron chi connectivity index (χ2n) is 5.31. The SMILES string of the molecule is CC1CNCCN1C(=O)C1CCOc2ccccc21.Cl. The molecule has 0 aromatic heterocycles. The molecule has 2 heterocycles. The van der Waals surface area contributed by atoms with Crippen LogP contribution in [0.2, 0.25) is 0 Å². The van der Waals surface area contributed by atoms with Gasteiger partial charge in [0.15, 0.2) is 0 Å². The minimum absolute atomic E-state index is 0. The van der Waals surface area contributed by atoms with Gasteiger partial charge in [0.25, 0.3) is 0 Å². The average Bonchev–Trinajstić information content (AvgIpc) is 2.46. The zero-order valence-electron chi connectivity index (χ0n) is 11.7. The number of nitrogens with zero attached hydrogens (tertiary/aromatic N) is 1. The second-order valence-corrected chi connectivity index (χ2v) is 5.31. The van der Waals surface area contributed by atoms with Crippen LogP contribution in [0.5, 0.6) is 5.75 Å². The number of hydrogen-bond acceptors (Lipinski definition) is 3. The van der Waals surface area contributed by atoms with E-state index in [0.29, 0.717) is 6.61 Å². The van der Waals surface area contributed by atoms with E-state index < -0.39 is 0 Å². The fourth-order valence-corrected chi connectivity index (χ4v) is 2.97. The lowest BCUT2D eigenvalue weighted by Gasteiger charge is -2.37. The van der Waals surface area contributed by atoms with Gasteiger partial charge in [-0.1, -0.05) is 18.2 Å². The lowest BCUT2D eigenvalue weighted by Crippen LogP contribution is -2.53. The summed E-state index contributed by atoms with van der Waals surface area (Å²) >= 11 is 0. The molecule has 0 radical (unpaired) electrons. The van der Waals surface area contributed by atoms with Crippen LogP contribution in [-0.2, 0) is 4.79 Å². The van der Waals surface area contributed by atoms with E-state index in [4.69, 9.17) is 4.74 Å². The summed E-state index contributed by atoms with van der Waals surface area (Å²) in [5.74, 6) is 1.09. The highest BCUT2D eigenvalue weighted by atomic mass is 35.5. The van der Waals surface area contributed by atoms with E-state index in [-0.39, 0.29) is 30.3 Å². The number of amides is 1. The van der Waals surface area contributed by atoms with Crippen LogP contribution >= 0.6 is 12.4 Å². The van der Waals surface area contributed by atoms with Gasteiger partial charge < -0.3 is 15.0 Å². The number of carbonyl (C=O) groups is 1. The van der Waals surface area contributed by atoms with E-state index >= 15 is 0 Å². The molecule has 2 atom stereocenters. The van der Waals surface area contributed by atoms with Crippen molar-refractivity contribution in [1.82, 2.24) is 10.2 Å². The van der Waals surface area contributed by atoms with Crippen LogP contribution in [0.15, 0.2) is 24.3 Å². The molecule has 1 amide bonds. The molecule has 0 saturated carbocycles. The number of nitrogens with one attached hydrogen (secondary N) is 1. The molecule has 1 aromatic rings. The Bertz CT molecular complexity index is 481. The first-order chi connectivity index (χ1) is 9.27. The molecule has 0 bridgehead atoms. The summed E-state index contributed by atoms with van der Waals surface area (Å²) in [5.41, 5.74) is 1.05. The minimum atomic E-state index is -0.0366. The predicted octanol–water partition coefficient (Wildman–Crippen LogP) is 1.79. The molecule has 3 rings (SSSR count). The third-order valence-corrected chi connectivity index (χ3v) is 4.04. The standard InChI is InChI=1S/C15H20N2O2.ClH/c1-11-10-16-7-8-17(11)15(18)13-6-9-19-14-5-3-2-4-12(13)14;/h2-5,11,13,16H,6-10H2,1H3;1H. The van der Waals surface area contributed by atoms with E-state index in [1.807, 2.05) is 29.2 Å². The Morgan fingerprint density at radius 3 is 3.00 bits per heavy atom. The maximum absolute atomic E-state index is 12.8. The molecule has 1 saturated heterocycles. The molecule has 2 aliphatic rings. The minimum Gasteiger partial charge on any atom is -0.493 e. The molecule has 2 unspecified atom stereocenters. The van der Waals surface area contributed by atoms with Gasteiger partial charge in [-0.05, 0) is 19.4 Å². The Hall–Kier alpha value is -1.26. The van der Waals surface area contributed by atoms with Crippen LogP contribution in [0.4, 0.5) is 0 Å². The summed E-state index contributed by atoms with van der Waals surface area (Å²) in [6.07, 6.45) is 0.784. The Kier molecular flexibility index (Phi) is 4.89. The number of benzene rings is 1. The zero-order chi connectivity index (χ0) is 13.2. The highest BCUT2D eigenvalue weighted by molar-refractivity contribution is 5.85. The molecule has 4 nitrogen and oxygen atoms in total. The number of rotatable bonds is 1. The Morgan fingerprint density at radius 2 is 2.20 bits per heavy atom. The van der Waals surface area contributed by atoms with Gasteiger partial charge in [0.2, 0.25) is 5.91 Å². The molecule has 5 heteroatoms. The van der Waals surface area contributed by atoms with Crippen LogP contribution in [0.3, 0.4) is 0 Å². The summed E-state index contributed by atoms with van der Waals surface area (Å²) in [7, 11) is 0. The van der Waals surface area contributed by atoms with Crippen molar-refractivity contribution in [2.75, 3.05) is 26.2 Å². The van der Waals surface area contributed by atoms with Crippen molar-refractivity contribution in [1.29, 1.82) is 0 Å². The fraction of sp³-hybridized carbons (Fsp3) is 0.533. The van der Waals surface area contributed by atoms with E-state index in [1.54, 1.807) is 0 Å². The summed E-state index contributed by atoms with van der Waals surface area (Å²) < 4.78 is 5.63. The predicted molar refractivity (Wildman–Crippen MR) is 80.6 cm³/mol. The van der Waals surface area contributed by atoms with Gasteiger partial charge in [0.05, 0.1) is 12.5 Å². The van der Waals surface area contributed by atoms with Gasteiger partial charge in [0, 0.05) is 31.2 Å². The fourth-order valence-electron chi connectivity index (χ4n) is 2.97. The van der Waals surface area contributed by atoms with Crippen LogP contribution in [-0.4, -0.2) is 43.1 Å². The van der Waals surface area contributed by atoms with Gasteiger partial charge in [-0.2, -0.15) is 0 Å². The van der Waals surface area contributed by atoms with Crippen LogP contribution in [0.25, 0.3) is 0 Å². The Balaban J connectivity index is 0.00000147. The average molecular weight is 297 g/mol. The van der Waals surface area contributed by atoms with Crippen molar-refractivity contribution >= 4 is 18.3 Å². The van der Waals surface area contributed by atoms with E-state index in [2.05, 4.69) is 12.2 Å². The normalized spacial score (nSPS) is 25.1. The summed E-state index contributed by atoms with van der Waals surface area (Å²) in [6.45, 7) is 5.32. The van der Waals surface area contributed by atoms with Gasteiger partial charge in [-0.25, -0.2) is 0 Å². The third kappa shape index (κ3) is 2.76. The lowest BCUT2D eigenvalue weighted by molar-refractivity contribution is -0.136. The van der Waals surface area contributed by atoms with E-state index in [0.717, 1.165) is 37.4 Å². The zero-order valence-corrected chi connectivity index (χ0v) is 12.5. The van der Waals surface area contributed by atoms with Crippen LogP contribution in [0, 0.1) is 0 Å². The molecule has 1 fully saturated rings. The van der Waals surface area contributed by atoms with E-state index in [1.165, 1.54) is 0 Å². The van der Waals surface area contributed by atoms with Gasteiger partial charge in [0.1, 0.15) is 5.75 Å². The molecular weight excluding hydrogens is 276 g/mol. The number of carbonyl (C=O) groups excluding carboxylic acids is 1. The summed E-state index contributed by atoms with van der Waals surface area (Å²) in [6, 6.07) is 8.19. The molecule has 110 valence electrons. The van der Waals surface area contributed by atoms with Crippen molar-refractivity contribution in [3.05, 3.63) is 29.8 Å². The number of para-hydroxylation sites is 1. The molecular formula is C15H21ClN2O2. The second kappa shape index (κ2) is 6.46. The van der Waals surface area contributed by atoms with Gasteiger partial charge in [-0.15, -0.1) is 12.4 Å². The third-order valence-electron chi connectivity index (χ3n) is 4.04. The maximum atomic E-state index is 12.8. The Labute approximate surface area is 125 Å². The monoisotopic (exact) mass is 296 g/mol. The van der Waals surface area contributed by atoms with Crippen molar-refractivity contribution < 1.29 is 9.53 Å². The highest BCUT2D eigenvalue weighted by Gasteiger charge is 2.33. The van der Waals surface area contributed by atoms with Crippen molar-refractivity contribution in [3.8, 4) is 5.75 Å². The number of halogens is 1. The van der Waals surface area contributed by atoms with Crippen molar-refractivity contribution in [2.24, 2.45) is 0 Å². The lowest BCUT2D eigenvalue weighted by atomic mass is 9.91. The largest absolute Gasteiger partial charge is 0.493 e. The summed E-state index contributed by atoms with van der Waals surface area (Å²) in [4.78, 5) is 14.8. The first-order valence-electron chi connectivity index (χ1n) is 7.00. The number of ether oxygens (including phenoxy) is 1. The van der Waals surface area contributed by atoms with Crippen molar-refractivity contribution in [3.63, 3.8) is 0 Å². The molecule has 2 aliphatic heterocycles. The number of piperazine rings is 1. The quantitative estimate of drug-likeness (QED) is 0.859. The Morgan fingerprint density at radius 1 is 1.40 bits per heavy atom. The first kappa shape index (κ1) is 15.1. The van der Waals surface area contributed by atoms with Gasteiger partial charge >= 0.3 is 0 Å². The molecule has 0 spiro atoms. The number of fused-ring (bicyclic) bond motifs is 1. The number of hydrogen-bond donors (Lipinski definition) is 1. The summed E-state index contributed by atoms with van der Waals surface area (Å²) in [5, 5.41) is 3.32. The van der Waals surface area contributed by atoms with Gasteiger partial charge in [-0.3, -0.25) is 4.79 Å².